The number of rotatable bonds is 6. The van der Waals surface area contributed by atoms with Crippen molar-refractivity contribution in [2.45, 2.75) is 50.5 Å². The average Bonchev–Trinajstić information content (AvgIpc) is 2.85. The van der Waals surface area contributed by atoms with Crippen molar-refractivity contribution in [2.75, 3.05) is 13.7 Å². The number of benzene rings is 2. The van der Waals surface area contributed by atoms with Crippen LogP contribution in [0.3, 0.4) is 0 Å². The summed E-state index contributed by atoms with van der Waals surface area (Å²) in [5.74, 6) is -1.69. The van der Waals surface area contributed by atoms with Crippen molar-refractivity contribution in [1.29, 1.82) is 0 Å². The van der Waals surface area contributed by atoms with Gasteiger partial charge < -0.3 is 19.5 Å². The monoisotopic (exact) mass is 451 g/mol. The normalized spacial score (nSPS) is 22.6. The summed E-state index contributed by atoms with van der Waals surface area (Å²) in [5.41, 5.74) is -0.927. The average molecular weight is 452 g/mol. The minimum atomic E-state index is -1.97. The summed E-state index contributed by atoms with van der Waals surface area (Å²) in [5, 5.41) is 2.78. The zero-order chi connectivity index (χ0) is 23.4. The van der Waals surface area contributed by atoms with E-state index in [1.807, 2.05) is 12.1 Å². The van der Waals surface area contributed by atoms with Gasteiger partial charge in [-0.1, -0.05) is 37.5 Å². The van der Waals surface area contributed by atoms with Gasteiger partial charge >= 0.3 is 11.9 Å². The lowest BCUT2D eigenvalue weighted by atomic mass is 9.65. The number of carbonyl (C=O) groups excluding carboxylic acids is 3. The highest BCUT2D eigenvalue weighted by Crippen LogP contribution is 2.49. The van der Waals surface area contributed by atoms with Crippen LogP contribution in [-0.4, -0.2) is 37.1 Å². The minimum absolute atomic E-state index is 0.0216. The van der Waals surface area contributed by atoms with Crippen LogP contribution in [0.25, 0.3) is 0 Å². The largest absolute Gasteiger partial charge is 0.497 e. The molecule has 1 aliphatic heterocycles. The number of carbonyl (C=O) groups is 3. The highest BCUT2D eigenvalue weighted by molar-refractivity contribution is 6.12. The van der Waals surface area contributed by atoms with Crippen molar-refractivity contribution in [3.8, 4) is 11.5 Å². The Morgan fingerprint density at radius 2 is 1.76 bits per heavy atom. The van der Waals surface area contributed by atoms with E-state index >= 15 is 0 Å². The van der Waals surface area contributed by atoms with Crippen LogP contribution in [0.1, 0.15) is 60.9 Å². The maximum Gasteiger partial charge on any atom is 0.349 e. The minimum Gasteiger partial charge on any atom is -0.497 e. The fraction of sp³-hybridized carbons (Fsp3) is 0.423. The second-order valence-electron chi connectivity index (χ2n) is 8.51. The molecule has 2 atom stereocenters. The molecule has 2 aliphatic rings. The quantitative estimate of drug-likeness (QED) is 0.405. The van der Waals surface area contributed by atoms with Crippen molar-refractivity contribution >= 4 is 17.8 Å². The van der Waals surface area contributed by atoms with Gasteiger partial charge in [0.05, 0.1) is 13.7 Å². The van der Waals surface area contributed by atoms with Crippen LogP contribution in [0.2, 0.25) is 0 Å². The zero-order valence-corrected chi connectivity index (χ0v) is 19.0. The Morgan fingerprint density at radius 3 is 2.42 bits per heavy atom. The summed E-state index contributed by atoms with van der Waals surface area (Å²) < 4.78 is 16.2. The van der Waals surface area contributed by atoms with Crippen LogP contribution in [0.4, 0.5) is 0 Å². The molecule has 7 heteroatoms. The lowest BCUT2D eigenvalue weighted by Crippen LogP contribution is -2.68. The van der Waals surface area contributed by atoms with Gasteiger partial charge in [-0.05, 0) is 56.0 Å². The molecule has 7 nitrogen and oxygen atoms in total. The Hall–Kier alpha value is -3.35. The Morgan fingerprint density at radius 1 is 1.06 bits per heavy atom. The van der Waals surface area contributed by atoms with Gasteiger partial charge in [0.25, 0.3) is 5.91 Å². The highest BCUT2D eigenvalue weighted by Gasteiger charge is 2.62. The van der Waals surface area contributed by atoms with E-state index in [9.17, 15) is 14.4 Å². The van der Waals surface area contributed by atoms with Gasteiger partial charge in [-0.15, -0.1) is 0 Å². The number of para-hydroxylation sites is 1. The molecule has 1 heterocycles. The van der Waals surface area contributed by atoms with E-state index in [2.05, 4.69) is 5.32 Å². The number of amides is 1. The van der Waals surface area contributed by atoms with Crippen LogP contribution < -0.4 is 14.8 Å². The molecule has 4 rings (SSSR count). The summed E-state index contributed by atoms with van der Waals surface area (Å²) in [4.78, 5) is 40.4. The number of fused-ring (bicyclic) bond motifs is 1. The van der Waals surface area contributed by atoms with E-state index < -0.39 is 29.3 Å². The molecule has 1 amide bonds. The molecule has 0 spiro atoms. The molecular weight excluding hydrogens is 422 g/mol. The Balaban J connectivity index is 1.82. The zero-order valence-electron chi connectivity index (χ0n) is 19.0. The summed E-state index contributed by atoms with van der Waals surface area (Å²) in [7, 11) is 1.54. The molecule has 33 heavy (non-hydrogen) atoms. The fourth-order valence-electron chi connectivity index (χ4n) is 5.07. The van der Waals surface area contributed by atoms with Crippen molar-refractivity contribution < 1.29 is 28.6 Å². The van der Waals surface area contributed by atoms with Crippen LogP contribution in [-0.2, 0) is 14.3 Å². The van der Waals surface area contributed by atoms with Gasteiger partial charge in [0.15, 0.2) is 0 Å². The van der Waals surface area contributed by atoms with Crippen LogP contribution in [0.15, 0.2) is 48.5 Å². The van der Waals surface area contributed by atoms with Crippen molar-refractivity contribution in [3.05, 3.63) is 59.7 Å². The third kappa shape index (κ3) is 4.19. The maximum absolute atomic E-state index is 13.6. The van der Waals surface area contributed by atoms with Crippen LogP contribution in [0, 0.1) is 5.92 Å². The molecule has 1 aliphatic carbocycles. The van der Waals surface area contributed by atoms with E-state index in [0.29, 0.717) is 17.1 Å². The molecule has 1 N–H and O–H groups in total. The molecule has 0 unspecified atom stereocenters. The number of methoxy groups -OCH3 is 1. The van der Waals surface area contributed by atoms with E-state index in [1.54, 1.807) is 43.3 Å². The Labute approximate surface area is 193 Å². The summed E-state index contributed by atoms with van der Waals surface area (Å²) in [6.45, 7) is 1.75. The first-order valence-electron chi connectivity index (χ1n) is 11.5. The first kappa shape index (κ1) is 22.8. The number of nitrogens with one attached hydrogen (secondary N) is 1. The maximum atomic E-state index is 13.6. The summed E-state index contributed by atoms with van der Waals surface area (Å²) >= 11 is 0. The molecular formula is C26H29NO6. The van der Waals surface area contributed by atoms with Crippen molar-refractivity contribution in [3.63, 3.8) is 0 Å². The molecule has 0 bridgehead atoms. The molecule has 2 aromatic rings. The summed E-state index contributed by atoms with van der Waals surface area (Å²) in [6.07, 6.45) is 4.82. The van der Waals surface area contributed by atoms with Crippen molar-refractivity contribution in [1.82, 2.24) is 5.32 Å². The lowest BCUT2D eigenvalue weighted by Gasteiger charge is -2.45. The Kier molecular flexibility index (Phi) is 6.67. The molecule has 1 saturated carbocycles. The van der Waals surface area contributed by atoms with E-state index in [1.165, 1.54) is 7.11 Å². The van der Waals surface area contributed by atoms with Crippen molar-refractivity contribution in [2.24, 2.45) is 5.92 Å². The number of ether oxygens (including phenoxy) is 3. The topological polar surface area (TPSA) is 90.9 Å². The third-order valence-corrected chi connectivity index (χ3v) is 6.63. The van der Waals surface area contributed by atoms with Gasteiger partial charge in [0.1, 0.15) is 11.5 Å². The van der Waals surface area contributed by atoms with Gasteiger partial charge in [-0.2, -0.15) is 0 Å². The second-order valence-corrected chi connectivity index (χ2v) is 8.51. The van der Waals surface area contributed by atoms with Gasteiger partial charge in [-0.25, -0.2) is 9.59 Å². The van der Waals surface area contributed by atoms with Crippen LogP contribution in [0.5, 0.6) is 11.5 Å². The third-order valence-electron chi connectivity index (χ3n) is 6.63. The number of hydrogen-bond acceptors (Lipinski definition) is 6. The Bertz CT molecular complexity index is 1030. The predicted octanol–water partition coefficient (Wildman–Crippen LogP) is 4.01. The molecule has 1 fully saturated rings. The van der Waals surface area contributed by atoms with Gasteiger partial charge in [-0.3, -0.25) is 4.79 Å². The van der Waals surface area contributed by atoms with E-state index in [-0.39, 0.29) is 12.5 Å². The predicted molar refractivity (Wildman–Crippen MR) is 121 cm³/mol. The number of esters is 2. The van der Waals surface area contributed by atoms with E-state index in [4.69, 9.17) is 14.2 Å². The second kappa shape index (κ2) is 9.65. The molecule has 2 aromatic carbocycles. The molecule has 0 radical (unpaired) electrons. The molecule has 0 aromatic heterocycles. The first-order chi connectivity index (χ1) is 16.0. The van der Waals surface area contributed by atoms with Gasteiger partial charge in [0.2, 0.25) is 5.54 Å². The van der Waals surface area contributed by atoms with Gasteiger partial charge in [0, 0.05) is 17.0 Å². The SMILES string of the molecule is CCOC(=O)[C@]1(NC(=O)c2ccc(OC)cc2)C(=O)Oc2ccccc2[C@@H]1C1CCCCC1. The lowest BCUT2D eigenvalue weighted by molar-refractivity contribution is -0.165. The molecule has 0 saturated heterocycles. The molecule has 174 valence electrons. The standard InChI is InChI=1S/C26H29NO6/c1-3-32-24(29)26(27-23(28)18-13-15-19(31-2)16-14-18)22(17-9-5-4-6-10-17)20-11-7-8-12-21(20)33-25(26)30/h7-8,11-17,22H,3-6,9-10H2,1-2H3,(H,27,28)/t22-,26-/m0/s1. The fourth-order valence-corrected chi connectivity index (χ4v) is 5.07. The first-order valence-corrected chi connectivity index (χ1v) is 11.5. The highest BCUT2D eigenvalue weighted by atomic mass is 16.6. The summed E-state index contributed by atoms with van der Waals surface area (Å²) in [6, 6.07) is 13.7. The van der Waals surface area contributed by atoms with Crippen LogP contribution >= 0.6 is 0 Å². The smallest absolute Gasteiger partial charge is 0.349 e. The van der Waals surface area contributed by atoms with E-state index in [0.717, 1.165) is 37.7 Å². The number of hydrogen-bond donors (Lipinski definition) is 1.